The number of hydrogen-bond acceptors (Lipinski definition) is 10. The standard InChI is InChI=1S/C60H74N12S/c1-2-3-39-73(69-40-23-8-4-9-24-40,70-41-25-10-5-11-26-41,71-42-27-12-6-13-28-42,72-43-29-14-7-15-30-43)51-38-22-37-50-52(51)60-67-58-49-36-21-20-35-48(49)56(65-58)63-54-45-32-17-16-31-44(45)53(61-54)62-55-46-33-18-19-34-47(46)57(64-55)66-59(50)68-60/h16-22,31-38,40-43,69-72H,2-15,23-30,39H2,1H3,(H2,61,62,63,64,65,66,67,68). The van der Waals surface area contributed by atoms with Crippen LogP contribution in [0.4, 0.5) is 0 Å². The molecule has 4 saturated carbocycles. The Morgan fingerprint density at radius 3 is 1.14 bits per heavy atom. The highest BCUT2D eigenvalue weighted by Crippen LogP contribution is 2.85. The zero-order chi connectivity index (χ0) is 48.9. The molecule has 4 aromatic carbocycles. The Hall–Kier alpha value is -5.57. The molecular weight excluding hydrogens is 921 g/mol. The van der Waals surface area contributed by atoms with E-state index in [0.29, 0.717) is 58.8 Å². The van der Waals surface area contributed by atoms with Crippen LogP contribution in [0.15, 0.2) is 95.9 Å². The molecule has 73 heavy (non-hydrogen) atoms. The largest absolute Gasteiger partial charge is 0.324 e. The van der Waals surface area contributed by atoms with Crippen LogP contribution < -0.4 is 18.9 Å². The minimum Gasteiger partial charge on any atom is -0.324 e. The Morgan fingerprint density at radius 2 is 0.740 bits per heavy atom. The summed E-state index contributed by atoms with van der Waals surface area (Å²) in [7, 11) is -4.45. The molecule has 0 unspecified atom stereocenters. The van der Waals surface area contributed by atoms with Gasteiger partial charge in [-0.2, -0.15) is 0 Å². The molecular formula is C60H74N12S. The lowest BCUT2D eigenvalue weighted by molar-refractivity contribution is 0.359. The van der Waals surface area contributed by atoms with E-state index in [-0.39, 0.29) is 0 Å². The van der Waals surface area contributed by atoms with Gasteiger partial charge in [-0.25, -0.2) is 29.9 Å². The van der Waals surface area contributed by atoms with E-state index >= 15 is 0 Å². The van der Waals surface area contributed by atoms with Gasteiger partial charge in [-0.05, 0) is 63.9 Å². The number of fused-ring (bicyclic) bond motifs is 20. The summed E-state index contributed by atoms with van der Waals surface area (Å²) in [6, 6.07) is 33.5. The molecule has 0 atom stereocenters. The number of benzene rings is 4. The Bertz CT molecular complexity index is 3270. The summed E-state index contributed by atoms with van der Waals surface area (Å²) >= 11 is 0. The van der Waals surface area contributed by atoms with Crippen molar-refractivity contribution in [2.45, 2.75) is 177 Å². The van der Waals surface area contributed by atoms with Crippen molar-refractivity contribution >= 4 is 53.2 Å². The lowest BCUT2D eigenvalue weighted by Crippen LogP contribution is -2.80. The number of nitrogens with one attached hydrogen (secondary N) is 6. The van der Waals surface area contributed by atoms with Crippen molar-refractivity contribution in [3.8, 4) is 45.6 Å². The molecule has 12 nitrogen and oxygen atoms in total. The highest BCUT2D eigenvalue weighted by Gasteiger charge is 2.64. The molecule has 4 aliphatic carbocycles. The smallest absolute Gasteiger partial charge is 0.164 e. The maximum absolute atomic E-state index is 5.83. The molecule has 2 aliphatic heterocycles. The van der Waals surface area contributed by atoms with E-state index in [1.54, 1.807) is 0 Å². The van der Waals surface area contributed by atoms with Crippen LogP contribution in [0.1, 0.15) is 148 Å². The van der Waals surface area contributed by atoms with Crippen LogP contribution in [0.2, 0.25) is 0 Å². The first-order valence-electron chi connectivity index (χ1n) is 28.3. The fraction of sp³-hybridized carbons (Fsp3) is 0.467. The summed E-state index contributed by atoms with van der Waals surface area (Å²) in [5.41, 5.74) is 6.69. The Morgan fingerprint density at radius 1 is 0.397 bits per heavy atom. The summed E-state index contributed by atoms with van der Waals surface area (Å²) in [6.07, 6.45) is 26.5. The molecule has 0 saturated heterocycles. The molecule has 380 valence electrons. The summed E-state index contributed by atoms with van der Waals surface area (Å²) in [5, 5.41) is 4.05. The predicted molar refractivity (Wildman–Crippen MR) is 302 cm³/mol. The Balaban J connectivity index is 1.21. The maximum Gasteiger partial charge on any atom is 0.164 e. The molecule has 13 heteroatoms. The van der Waals surface area contributed by atoms with Crippen molar-refractivity contribution in [3.63, 3.8) is 0 Å². The van der Waals surface area contributed by atoms with Crippen LogP contribution in [-0.4, -0.2) is 69.8 Å². The van der Waals surface area contributed by atoms with Crippen LogP contribution in [0.3, 0.4) is 0 Å². The van der Waals surface area contributed by atoms with Gasteiger partial charge in [-0.3, -0.25) is 18.9 Å². The van der Waals surface area contributed by atoms with Gasteiger partial charge in [0, 0.05) is 78.6 Å². The molecule has 0 amide bonds. The van der Waals surface area contributed by atoms with E-state index in [1.165, 1.54) is 81.9 Å². The molecule has 7 aromatic rings. The van der Waals surface area contributed by atoms with Crippen LogP contribution in [0.25, 0.3) is 89.7 Å². The highest BCUT2D eigenvalue weighted by molar-refractivity contribution is 8.59. The van der Waals surface area contributed by atoms with Gasteiger partial charge in [-0.15, -0.1) is 9.04 Å². The predicted octanol–water partition coefficient (Wildman–Crippen LogP) is 14.3. The van der Waals surface area contributed by atoms with Crippen LogP contribution in [0, 0.1) is 0 Å². The third-order valence-electron chi connectivity index (χ3n) is 17.5. The molecule has 0 radical (unpaired) electrons. The molecule has 3 aromatic heterocycles. The van der Waals surface area contributed by atoms with E-state index in [2.05, 4.69) is 102 Å². The first-order chi connectivity index (χ1) is 35.9. The number of hydrogen-bond donors (Lipinski definition) is 6. The summed E-state index contributed by atoms with van der Waals surface area (Å²) in [4.78, 5) is 41.7. The summed E-state index contributed by atoms with van der Waals surface area (Å²) in [5.74, 6) is 3.42. The van der Waals surface area contributed by atoms with Crippen molar-refractivity contribution < 1.29 is 0 Å². The van der Waals surface area contributed by atoms with E-state index in [1.807, 2.05) is 6.07 Å². The van der Waals surface area contributed by atoms with Crippen molar-refractivity contribution in [1.82, 2.24) is 58.8 Å². The van der Waals surface area contributed by atoms with Crippen molar-refractivity contribution in [2.24, 2.45) is 0 Å². The van der Waals surface area contributed by atoms with Crippen molar-refractivity contribution in [3.05, 3.63) is 91.0 Å². The van der Waals surface area contributed by atoms with E-state index in [9.17, 15) is 0 Å². The minimum absolute atomic E-state index is 0.320. The van der Waals surface area contributed by atoms with Gasteiger partial charge in [0.2, 0.25) is 0 Å². The minimum atomic E-state index is -4.45. The van der Waals surface area contributed by atoms with Crippen LogP contribution in [-0.2, 0) is 0 Å². The number of nitrogens with zero attached hydrogens (tertiary/aromatic N) is 6. The highest BCUT2D eigenvalue weighted by atomic mass is 32.4. The Labute approximate surface area is 429 Å². The monoisotopic (exact) mass is 995 g/mol. The molecule has 13 rings (SSSR count). The number of aromatic nitrogens is 8. The van der Waals surface area contributed by atoms with E-state index < -0.39 is 9.04 Å². The number of aromatic amines is 2. The van der Waals surface area contributed by atoms with Crippen molar-refractivity contribution in [1.29, 1.82) is 0 Å². The zero-order valence-corrected chi connectivity index (χ0v) is 43.6. The number of unbranched alkanes of at least 4 members (excludes halogenated alkanes) is 1. The third-order valence-corrected chi connectivity index (χ3v) is 24.2. The lowest BCUT2D eigenvalue weighted by atomic mass is 9.96. The normalized spacial score (nSPS) is 19.4. The fourth-order valence-electron chi connectivity index (χ4n) is 14.1. The Kier molecular flexibility index (Phi) is 12.3. The second-order valence-corrected chi connectivity index (χ2v) is 27.8. The van der Waals surface area contributed by atoms with Gasteiger partial charge in [0.1, 0.15) is 22.6 Å². The quantitative estimate of drug-likeness (QED) is 0.0696. The summed E-state index contributed by atoms with van der Waals surface area (Å²) < 4.78 is 19.9. The second kappa shape index (κ2) is 19.0. The third kappa shape index (κ3) is 8.29. The van der Waals surface area contributed by atoms with Gasteiger partial charge < -0.3 is 9.97 Å². The molecule has 0 spiro atoms. The number of H-pyrrole nitrogens is 2. The van der Waals surface area contributed by atoms with Gasteiger partial charge in [0.25, 0.3) is 0 Å². The zero-order valence-electron chi connectivity index (χ0n) is 42.8. The van der Waals surface area contributed by atoms with Crippen LogP contribution >= 0.6 is 9.04 Å². The van der Waals surface area contributed by atoms with Gasteiger partial charge in [0.15, 0.2) is 23.3 Å². The maximum atomic E-state index is 5.83. The molecule has 4 fully saturated rings. The number of rotatable bonds is 12. The second-order valence-electron chi connectivity index (χ2n) is 22.5. The molecule has 6 aliphatic rings. The first kappa shape index (κ1) is 47.2. The lowest BCUT2D eigenvalue weighted by Gasteiger charge is -2.85. The van der Waals surface area contributed by atoms with E-state index in [0.717, 1.165) is 125 Å². The fourth-order valence-corrected chi connectivity index (χ4v) is 22.5. The topological polar surface area (TPSA) is 157 Å². The van der Waals surface area contributed by atoms with Gasteiger partial charge in [-0.1, -0.05) is 175 Å². The SMILES string of the molecule is CCCCS(NC1CCCCC1)(NC1CCCCC1)(NC1CCCCC1)(NC1CCCCC1)c1cccc2c3nc4nc(nc5[nH]c(nc6nc(nc([nH]3)c12)-c1ccccc1-6)c1ccccc51)-c1ccccc1-4. The average molecular weight is 995 g/mol. The van der Waals surface area contributed by atoms with Crippen molar-refractivity contribution in [2.75, 3.05) is 5.75 Å². The molecule has 6 N–H and O–H groups in total. The van der Waals surface area contributed by atoms with Gasteiger partial charge >= 0.3 is 0 Å². The molecule has 5 heterocycles. The average Bonchev–Trinajstić information content (AvgIpc) is 4.19. The van der Waals surface area contributed by atoms with Crippen LogP contribution in [0.5, 0.6) is 0 Å². The first-order valence-corrected chi connectivity index (χ1v) is 31.0. The molecule has 8 bridgehead atoms. The van der Waals surface area contributed by atoms with E-state index in [4.69, 9.17) is 48.8 Å². The summed E-state index contributed by atoms with van der Waals surface area (Å²) in [6.45, 7) is 2.40. The van der Waals surface area contributed by atoms with Gasteiger partial charge in [0.05, 0.1) is 0 Å².